The summed E-state index contributed by atoms with van der Waals surface area (Å²) in [5, 5.41) is 8.97. The zero-order chi connectivity index (χ0) is 15.6. The van der Waals surface area contributed by atoms with Crippen LogP contribution in [0.4, 0.5) is 0 Å². The van der Waals surface area contributed by atoms with E-state index in [1.807, 2.05) is 6.92 Å². The zero-order valence-electron chi connectivity index (χ0n) is 12.1. The predicted octanol–water partition coefficient (Wildman–Crippen LogP) is 1.50. The van der Waals surface area contributed by atoms with Gasteiger partial charge in [-0.1, -0.05) is 6.92 Å². The molecule has 1 aromatic carbocycles. The number of carbonyl (C=O) groups is 1. The average molecular weight is 313 g/mol. The van der Waals surface area contributed by atoms with E-state index in [1.165, 1.54) is 6.07 Å². The van der Waals surface area contributed by atoms with Gasteiger partial charge in [-0.3, -0.25) is 4.79 Å². The van der Waals surface area contributed by atoms with Crippen molar-refractivity contribution in [3.63, 3.8) is 0 Å². The van der Waals surface area contributed by atoms with Gasteiger partial charge in [0.25, 0.3) is 0 Å². The predicted molar refractivity (Wildman–Crippen MR) is 76.9 cm³/mol. The van der Waals surface area contributed by atoms with E-state index in [-0.39, 0.29) is 10.9 Å². The van der Waals surface area contributed by atoms with Gasteiger partial charge >= 0.3 is 5.97 Å². The smallest absolute Gasteiger partial charge is 0.318 e. The molecular formula is C14H19NO5S. The molecule has 0 saturated carbocycles. The van der Waals surface area contributed by atoms with Gasteiger partial charge in [0.15, 0.2) is 0 Å². The van der Waals surface area contributed by atoms with Gasteiger partial charge in [0.2, 0.25) is 10.0 Å². The van der Waals surface area contributed by atoms with Crippen LogP contribution in [0.15, 0.2) is 23.1 Å². The Balaban J connectivity index is 2.40. The molecule has 116 valence electrons. The number of hydrogen-bond acceptors (Lipinski definition) is 4. The van der Waals surface area contributed by atoms with Crippen LogP contribution >= 0.6 is 0 Å². The van der Waals surface area contributed by atoms with Crippen molar-refractivity contribution in [2.24, 2.45) is 0 Å². The van der Waals surface area contributed by atoms with Crippen molar-refractivity contribution in [2.45, 2.75) is 37.6 Å². The van der Waals surface area contributed by atoms with Gasteiger partial charge in [-0.05, 0) is 37.1 Å². The van der Waals surface area contributed by atoms with Crippen LogP contribution in [0, 0.1) is 0 Å². The Bertz CT molecular complexity index is 641. The number of rotatable bonds is 6. The summed E-state index contributed by atoms with van der Waals surface area (Å²) in [6, 6.07) is 4.30. The summed E-state index contributed by atoms with van der Waals surface area (Å²) in [5.41, 5.74) is 0.843. The highest BCUT2D eigenvalue weighted by atomic mass is 32.2. The van der Waals surface area contributed by atoms with Crippen LogP contribution < -0.4 is 4.74 Å². The monoisotopic (exact) mass is 313 g/mol. The van der Waals surface area contributed by atoms with E-state index in [0.29, 0.717) is 25.2 Å². The van der Waals surface area contributed by atoms with Gasteiger partial charge in [-0.15, -0.1) is 0 Å². The Morgan fingerprint density at radius 1 is 1.48 bits per heavy atom. The van der Waals surface area contributed by atoms with Crippen molar-refractivity contribution in [2.75, 3.05) is 13.2 Å². The first-order chi connectivity index (χ1) is 9.86. The summed E-state index contributed by atoms with van der Waals surface area (Å²) in [4.78, 5) is 11.1. The number of nitrogens with zero attached hydrogens (tertiary/aromatic N) is 1. The molecule has 1 aliphatic rings. The summed E-state index contributed by atoms with van der Waals surface area (Å²) in [7, 11) is -3.83. The van der Waals surface area contributed by atoms with Gasteiger partial charge in [0.05, 0.1) is 11.5 Å². The minimum atomic E-state index is -3.83. The van der Waals surface area contributed by atoms with Gasteiger partial charge in [-0.2, -0.15) is 4.31 Å². The second-order valence-electron chi connectivity index (χ2n) is 5.07. The molecule has 0 aromatic heterocycles. The number of hydrogen-bond donors (Lipinski definition) is 1. The Labute approximate surface area is 124 Å². The number of benzene rings is 1. The lowest BCUT2D eigenvalue weighted by molar-refractivity contribution is -0.137. The van der Waals surface area contributed by atoms with Gasteiger partial charge in [-0.25, -0.2) is 8.42 Å². The van der Waals surface area contributed by atoms with Crippen molar-refractivity contribution in [3.8, 4) is 5.75 Å². The highest BCUT2D eigenvalue weighted by Crippen LogP contribution is 2.29. The number of carboxylic acid groups (broad SMARTS) is 1. The van der Waals surface area contributed by atoms with Crippen LogP contribution in [0.2, 0.25) is 0 Å². The van der Waals surface area contributed by atoms with E-state index in [1.54, 1.807) is 19.1 Å². The zero-order valence-corrected chi connectivity index (χ0v) is 12.9. The summed E-state index contributed by atoms with van der Waals surface area (Å²) >= 11 is 0. The quantitative estimate of drug-likeness (QED) is 0.860. The van der Waals surface area contributed by atoms with Crippen LogP contribution in [0.1, 0.15) is 25.8 Å². The Morgan fingerprint density at radius 2 is 2.19 bits per heavy atom. The molecule has 7 heteroatoms. The summed E-state index contributed by atoms with van der Waals surface area (Å²) in [6.07, 6.45) is 1.21. The van der Waals surface area contributed by atoms with E-state index < -0.39 is 22.5 Å². The lowest BCUT2D eigenvalue weighted by atomic mass is 10.2. The Hall–Kier alpha value is -1.60. The molecule has 0 radical (unpaired) electrons. The summed E-state index contributed by atoms with van der Waals surface area (Å²) < 4.78 is 31.8. The maximum absolute atomic E-state index is 12.7. The highest BCUT2D eigenvalue weighted by Gasteiger charge is 2.31. The number of ether oxygens (including phenoxy) is 1. The van der Waals surface area contributed by atoms with Crippen molar-refractivity contribution >= 4 is 16.0 Å². The van der Waals surface area contributed by atoms with Crippen LogP contribution in [-0.4, -0.2) is 43.0 Å². The molecule has 1 N–H and O–H groups in total. The van der Waals surface area contributed by atoms with Crippen molar-refractivity contribution in [1.82, 2.24) is 4.31 Å². The minimum absolute atomic E-state index is 0.119. The standard InChI is InChI=1S/C14H19NO5S/c1-3-10(2)15(9-14(16)17)21(18,19)12-4-5-13-11(8-12)6-7-20-13/h4-5,8,10H,3,6-7,9H2,1-2H3,(H,16,17). The van der Waals surface area contributed by atoms with E-state index in [0.717, 1.165) is 9.87 Å². The molecule has 0 bridgehead atoms. The van der Waals surface area contributed by atoms with Crippen LogP contribution in [0.5, 0.6) is 5.75 Å². The highest BCUT2D eigenvalue weighted by molar-refractivity contribution is 7.89. The fourth-order valence-electron chi connectivity index (χ4n) is 2.27. The Kier molecular flexibility index (Phi) is 4.53. The fraction of sp³-hybridized carbons (Fsp3) is 0.500. The van der Waals surface area contributed by atoms with E-state index in [2.05, 4.69) is 0 Å². The fourth-order valence-corrected chi connectivity index (χ4v) is 3.98. The molecule has 1 atom stereocenters. The first kappa shape index (κ1) is 15.8. The molecular weight excluding hydrogens is 294 g/mol. The molecule has 0 spiro atoms. The maximum Gasteiger partial charge on any atom is 0.318 e. The third-order valence-corrected chi connectivity index (χ3v) is 5.60. The average Bonchev–Trinajstić information content (AvgIpc) is 2.90. The summed E-state index contributed by atoms with van der Waals surface area (Å²) in [6.45, 7) is 3.54. The largest absolute Gasteiger partial charge is 0.493 e. The lowest BCUT2D eigenvalue weighted by Gasteiger charge is -2.26. The van der Waals surface area contributed by atoms with Crippen molar-refractivity contribution in [1.29, 1.82) is 0 Å². The minimum Gasteiger partial charge on any atom is -0.493 e. The molecule has 0 saturated heterocycles. The maximum atomic E-state index is 12.7. The second-order valence-corrected chi connectivity index (χ2v) is 6.96. The normalized spacial score (nSPS) is 15.6. The van der Waals surface area contributed by atoms with Crippen LogP contribution in [0.3, 0.4) is 0 Å². The third kappa shape index (κ3) is 3.19. The molecule has 6 nitrogen and oxygen atoms in total. The van der Waals surface area contributed by atoms with E-state index >= 15 is 0 Å². The molecule has 0 aliphatic carbocycles. The molecule has 1 heterocycles. The first-order valence-corrected chi connectivity index (χ1v) is 8.29. The topological polar surface area (TPSA) is 83.9 Å². The van der Waals surface area contributed by atoms with Gasteiger partial charge in [0, 0.05) is 12.5 Å². The number of sulfonamides is 1. The molecule has 1 aromatic rings. The third-order valence-electron chi connectivity index (χ3n) is 3.64. The SMILES string of the molecule is CCC(C)N(CC(=O)O)S(=O)(=O)c1ccc2c(c1)CCO2. The first-order valence-electron chi connectivity index (χ1n) is 6.85. The van der Waals surface area contributed by atoms with E-state index in [9.17, 15) is 13.2 Å². The molecule has 2 rings (SSSR count). The summed E-state index contributed by atoms with van der Waals surface area (Å²) in [5.74, 6) is -0.467. The number of carboxylic acids is 1. The van der Waals surface area contributed by atoms with Gasteiger partial charge in [0.1, 0.15) is 12.3 Å². The molecule has 1 unspecified atom stereocenters. The second kappa shape index (κ2) is 6.03. The molecule has 21 heavy (non-hydrogen) atoms. The molecule has 0 amide bonds. The molecule has 1 aliphatic heterocycles. The Morgan fingerprint density at radius 3 is 2.81 bits per heavy atom. The van der Waals surface area contributed by atoms with Gasteiger partial charge < -0.3 is 9.84 Å². The van der Waals surface area contributed by atoms with Crippen molar-refractivity contribution in [3.05, 3.63) is 23.8 Å². The lowest BCUT2D eigenvalue weighted by Crippen LogP contribution is -2.41. The molecule has 0 fully saturated rings. The van der Waals surface area contributed by atoms with Crippen molar-refractivity contribution < 1.29 is 23.1 Å². The van der Waals surface area contributed by atoms with E-state index in [4.69, 9.17) is 9.84 Å². The number of aliphatic carboxylic acids is 1. The van der Waals surface area contributed by atoms with Crippen LogP contribution in [0.25, 0.3) is 0 Å². The number of fused-ring (bicyclic) bond motifs is 1. The van der Waals surface area contributed by atoms with Crippen LogP contribution in [-0.2, 0) is 21.2 Å².